The van der Waals surface area contributed by atoms with E-state index >= 15 is 0 Å². The highest BCUT2D eigenvalue weighted by Gasteiger charge is 2.27. The minimum Gasteiger partial charge on any atom is -0.317 e. The maximum absolute atomic E-state index is 3.54. The minimum atomic E-state index is 1.05. The average molecular weight is 209 g/mol. The number of hydrogen-bond donors (Lipinski definition) is 1. The molecule has 1 saturated heterocycles. The van der Waals surface area contributed by atoms with Crippen molar-refractivity contribution in [3.05, 3.63) is 0 Å². The van der Waals surface area contributed by atoms with Crippen molar-refractivity contribution in [1.82, 2.24) is 5.32 Å². The van der Waals surface area contributed by atoms with E-state index in [-0.39, 0.29) is 0 Å². The summed E-state index contributed by atoms with van der Waals surface area (Å²) in [5.41, 5.74) is 0. The van der Waals surface area contributed by atoms with E-state index in [1.54, 1.807) is 6.42 Å². The van der Waals surface area contributed by atoms with Gasteiger partial charge in [-0.25, -0.2) is 0 Å². The van der Waals surface area contributed by atoms with E-state index in [2.05, 4.69) is 12.2 Å². The van der Waals surface area contributed by atoms with Crippen molar-refractivity contribution in [3.63, 3.8) is 0 Å². The topological polar surface area (TPSA) is 12.0 Å². The monoisotopic (exact) mass is 209 g/mol. The third-order valence-corrected chi connectivity index (χ3v) is 4.69. The van der Waals surface area contributed by atoms with Crippen LogP contribution in [-0.2, 0) is 0 Å². The summed E-state index contributed by atoms with van der Waals surface area (Å²) >= 11 is 0. The van der Waals surface area contributed by atoms with Crippen molar-refractivity contribution in [2.45, 2.75) is 58.3 Å². The molecule has 1 heteroatoms. The molecule has 1 heterocycles. The van der Waals surface area contributed by atoms with Gasteiger partial charge in [-0.15, -0.1) is 0 Å². The van der Waals surface area contributed by atoms with Crippen LogP contribution in [0.5, 0.6) is 0 Å². The van der Waals surface area contributed by atoms with Gasteiger partial charge in [-0.3, -0.25) is 0 Å². The van der Waals surface area contributed by atoms with Gasteiger partial charge in [-0.1, -0.05) is 32.6 Å². The molecule has 0 radical (unpaired) electrons. The smallest absolute Gasteiger partial charge is 0.00462 e. The molecule has 1 aliphatic heterocycles. The largest absolute Gasteiger partial charge is 0.317 e. The van der Waals surface area contributed by atoms with E-state index in [1.165, 1.54) is 58.0 Å². The molecular weight excluding hydrogens is 182 g/mol. The van der Waals surface area contributed by atoms with Gasteiger partial charge >= 0.3 is 0 Å². The van der Waals surface area contributed by atoms with Crippen LogP contribution in [0.4, 0.5) is 0 Å². The van der Waals surface area contributed by atoms with Crippen molar-refractivity contribution >= 4 is 0 Å². The highest BCUT2D eigenvalue weighted by molar-refractivity contribution is 4.80. The van der Waals surface area contributed by atoms with E-state index in [4.69, 9.17) is 0 Å². The summed E-state index contributed by atoms with van der Waals surface area (Å²) in [5, 5.41) is 3.54. The second-order valence-corrected chi connectivity index (χ2v) is 5.64. The van der Waals surface area contributed by atoms with Gasteiger partial charge in [0.2, 0.25) is 0 Å². The van der Waals surface area contributed by atoms with Crippen LogP contribution in [0.25, 0.3) is 0 Å². The first kappa shape index (κ1) is 11.4. The maximum Gasteiger partial charge on any atom is -0.00462 e. The Kier molecular flexibility index (Phi) is 4.49. The van der Waals surface area contributed by atoms with Crippen LogP contribution in [0.1, 0.15) is 58.3 Å². The third kappa shape index (κ3) is 3.21. The fraction of sp³-hybridized carbons (Fsp3) is 1.00. The maximum atomic E-state index is 3.54. The molecule has 15 heavy (non-hydrogen) atoms. The van der Waals surface area contributed by atoms with Gasteiger partial charge in [0.15, 0.2) is 0 Å². The lowest BCUT2D eigenvalue weighted by atomic mass is 9.72. The normalized spacial score (nSPS) is 38.6. The molecule has 0 spiro atoms. The first-order chi connectivity index (χ1) is 7.40. The lowest BCUT2D eigenvalue weighted by molar-refractivity contribution is 0.180. The van der Waals surface area contributed by atoms with Crippen LogP contribution in [0, 0.1) is 17.8 Å². The molecule has 1 aliphatic carbocycles. The van der Waals surface area contributed by atoms with Crippen LogP contribution in [-0.4, -0.2) is 13.1 Å². The molecule has 0 aromatic carbocycles. The van der Waals surface area contributed by atoms with Crippen LogP contribution in [0.2, 0.25) is 0 Å². The van der Waals surface area contributed by atoms with Crippen molar-refractivity contribution < 1.29 is 0 Å². The Balaban J connectivity index is 1.84. The number of nitrogens with one attached hydrogen (secondary N) is 1. The summed E-state index contributed by atoms with van der Waals surface area (Å²) < 4.78 is 0. The van der Waals surface area contributed by atoms with Gasteiger partial charge in [-0.2, -0.15) is 0 Å². The van der Waals surface area contributed by atoms with Crippen molar-refractivity contribution in [2.75, 3.05) is 13.1 Å². The summed E-state index contributed by atoms with van der Waals surface area (Å²) in [7, 11) is 0. The second kappa shape index (κ2) is 5.89. The quantitative estimate of drug-likeness (QED) is 0.733. The molecule has 88 valence electrons. The lowest BCUT2D eigenvalue weighted by Crippen LogP contribution is -2.23. The predicted molar refractivity (Wildman–Crippen MR) is 65.9 cm³/mol. The molecule has 3 unspecified atom stereocenters. The molecule has 0 aromatic heterocycles. The van der Waals surface area contributed by atoms with E-state index in [0.29, 0.717) is 0 Å². The van der Waals surface area contributed by atoms with Gasteiger partial charge in [0.05, 0.1) is 0 Å². The van der Waals surface area contributed by atoms with Crippen LogP contribution in [0.15, 0.2) is 0 Å². The average Bonchev–Trinajstić information content (AvgIpc) is 2.58. The number of rotatable bonds is 2. The fourth-order valence-electron chi connectivity index (χ4n) is 3.65. The summed E-state index contributed by atoms with van der Waals surface area (Å²) in [4.78, 5) is 0. The molecule has 2 rings (SSSR count). The van der Waals surface area contributed by atoms with Gasteiger partial charge in [0, 0.05) is 0 Å². The lowest BCUT2D eigenvalue weighted by Gasteiger charge is -2.33. The van der Waals surface area contributed by atoms with Gasteiger partial charge in [-0.05, 0) is 56.5 Å². The zero-order valence-electron chi connectivity index (χ0n) is 10.3. The summed E-state index contributed by atoms with van der Waals surface area (Å²) in [6, 6.07) is 0. The Labute approximate surface area is 95.0 Å². The third-order valence-electron chi connectivity index (χ3n) is 4.69. The molecule has 1 N–H and O–H groups in total. The molecule has 2 fully saturated rings. The number of hydrogen-bond acceptors (Lipinski definition) is 1. The van der Waals surface area contributed by atoms with Crippen LogP contribution < -0.4 is 5.32 Å². The van der Waals surface area contributed by atoms with Gasteiger partial charge in [0.25, 0.3) is 0 Å². The zero-order valence-corrected chi connectivity index (χ0v) is 10.3. The van der Waals surface area contributed by atoms with Crippen molar-refractivity contribution in [2.24, 2.45) is 17.8 Å². The Bertz CT molecular complexity index is 170. The second-order valence-electron chi connectivity index (χ2n) is 5.64. The SMILES string of the molecule is CCC1CCCC(C2CCCNCC2)C1. The molecule has 1 saturated carbocycles. The standard InChI is InChI=1S/C14H27N/c1-2-12-5-3-6-14(11-12)13-7-4-9-15-10-8-13/h12-15H,2-11H2,1H3. The Morgan fingerprint density at radius 3 is 2.67 bits per heavy atom. The van der Waals surface area contributed by atoms with Gasteiger partial charge in [0.1, 0.15) is 0 Å². The Morgan fingerprint density at radius 1 is 0.933 bits per heavy atom. The first-order valence-electron chi connectivity index (χ1n) is 7.11. The van der Waals surface area contributed by atoms with Crippen LogP contribution >= 0.6 is 0 Å². The summed E-state index contributed by atoms with van der Waals surface area (Å²) in [5.74, 6) is 3.18. The molecule has 1 nitrogen and oxygen atoms in total. The molecule has 0 amide bonds. The van der Waals surface area contributed by atoms with Crippen molar-refractivity contribution in [3.8, 4) is 0 Å². The predicted octanol–water partition coefficient (Wildman–Crippen LogP) is 3.59. The molecule has 3 atom stereocenters. The molecule has 0 bridgehead atoms. The summed E-state index contributed by atoms with van der Waals surface area (Å²) in [6.45, 7) is 4.92. The van der Waals surface area contributed by atoms with E-state index in [0.717, 1.165) is 17.8 Å². The highest BCUT2D eigenvalue weighted by atomic mass is 14.8. The molecule has 0 aromatic rings. The minimum absolute atomic E-state index is 1.05. The van der Waals surface area contributed by atoms with Crippen molar-refractivity contribution in [1.29, 1.82) is 0 Å². The van der Waals surface area contributed by atoms with E-state index in [1.807, 2.05) is 0 Å². The fourth-order valence-corrected chi connectivity index (χ4v) is 3.65. The summed E-state index contributed by atoms with van der Waals surface area (Å²) in [6.07, 6.45) is 11.9. The Hall–Kier alpha value is -0.0400. The van der Waals surface area contributed by atoms with Gasteiger partial charge < -0.3 is 5.32 Å². The Morgan fingerprint density at radius 2 is 1.80 bits per heavy atom. The molecular formula is C14H27N. The molecule has 2 aliphatic rings. The van der Waals surface area contributed by atoms with E-state index in [9.17, 15) is 0 Å². The zero-order chi connectivity index (χ0) is 10.5. The van der Waals surface area contributed by atoms with Crippen LogP contribution in [0.3, 0.4) is 0 Å². The first-order valence-corrected chi connectivity index (χ1v) is 7.11. The highest BCUT2D eigenvalue weighted by Crippen LogP contribution is 2.38. The van der Waals surface area contributed by atoms with E-state index < -0.39 is 0 Å².